The van der Waals surface area contributed by atoms with Crippen LogP contribution in [0, 0.1) is 5.92 Å². The number of aromatic nitrogens is 5. The van der Waals surface area contributed by atoms with Gasteiger partial charge < -0.3 is 45.8 Å². The summed E-state index contributed by atoms with van der Waals surface area (Å²) in [5.41, 5.74) is 8.14. The molecule has 0 aliphatic carbocycles. The molecule has 6 N–H and O–H groups in total. The molecule has 76 heavy (non-hydrogen) atoms. The molecule has 5 heterocycles. The minimum Gasteiger partial charge on any atom is -0.508 e. The number of nitrogens with one attached hydrogen (secondary N) is 2. The number of anilines is 3. The van der Waals surface area contributed by atoms with Crippen LogP contribution in [0.3, 0.4) is 0 Å². The van der Waals surface area contributed by atoms with Crippen molar-refractivity contribution in [2.75, 3.05) is 67.5 Å². The Balaban J connectivity index is 0.706. The van der Waals surface area contributed by atoms with Crippen molar-refractivity contribution in [1.29, 1.82) is 0 Å². The van der Waals surface area contributed by atoms with Crippen LogP contribution in [0.4, 0.5) is 17.5 Å². The summed E-state index contributed by atoms with van der Waals surface area (Å²) in [5, 5.41) is 59.1. The van der Waals surface area contributed by atoms with Gasteiger partial charge in [0.05, 0.1) is 29.5 Å². The van der Waals surface area contributed by atoms with E-state index in [0.29, 0.717) is 74.4 Å². The van der Waals surface area contributed by atoms with Gasteiger partial charge in [0.2, 0.25) is 17.8 Å². The smallest absolute Gasteiger partial charge is 0.319 e. The fourth-order valence-electron chi connectivity index (χ4n) is 11.1. The van der Waals surface area contributed by atoms with E-state index in [0.717, 1.165) is 91.0 Å². The van der Waals surface area contributed by atoms with Crippen molar-refractivity contribution in [1.82, 2.24) is 39.8 Å². The second-order valence-corrected chi connectivity index (χ2v) is 20.9. The molecule has 3 aliphatic heterocycles. The van der Waals surface area contributed by atoms with Crippen LogP contribution >= 0.6 is 0 Å². The van der Waals surface area contributed by atoms with Gasteiger partial charge in [0.1, 0.15) is 23.1 Å². The minimum absolute atomic E-state index is 0.00577. The number of amides is 2. The van der Waals surface area contributed by atoms with Crippen LogP contribution in [0.5, 0.6) is 23.3 Å². The van der Waals surface area contributed by atoms with Gasteiger partial charge in [0.25, 0.3) is 0 Å². The topological polar surface area (TPSA) is 209 Å². The number of likely N-dealkylation sites (tertiary alicyclic amines) is 1. The summed E-state index contributed by atoms with van der Waals surface area (Å²) in [6.45, 7) is 14.9. The van der Waals surface area contributed by atoms with Gasteiger partial charge in [0, 0.05) is 87.4 Å². The van der Waals surface area contributed by atoms with Gasteiger partial charge in [-0.2, -0.15) is 4.98 Å². The zero-order chi connectivity index (χ0) is 53.0. The fraction of sp³-hybridized carbons (Fsp3) is 0.390. The summed E-state index contributed by atoms with van der Waals surface area (Å²) in [7, 11) is 0. The maximum atomic E-state index is 13.4. The van der Waals surface area contributed by atoms with Crippen molar-refractivity contribution in [3.8, 4) is 40.3 Å². The van der Waals surface area contributed by atoms with Crippen LogP contribution in [0.15, 0.2) is 97.1 Å². The van der Waals surface area contributed by atoms with Gasteiger partial charge in [-0.3, -0.25) is 14.5 Å². The predicted molar refractivity (Wildman–Crippen MR) is 295 cm³/mol. The lowest BCUT2D eigenvalue weighted by Crippen LogP contribution is -2.49. The van der Waals surface area contributed by atoms with Gasteiger partial charge in [0.15, 0.2) is 5.82 Å². The maximum absolute atomic E-state index is 13.4. The van der Waals surface area contributed by atoms with Crippen LogP contribution in [0.2, 0.25) is 0 Å². The van der Waals surface area contributed by atoms with Crippen LogP contribution in [0.1, 0.15) is 98.8 Å². The Hall–Kier alpha value is -7.92. The SMILES string of the molecule is CCC(=O)N1CCN(c2nc(NCCC(=O)N[C@H](C)c3ccc(CN4CCC(Cc5ccc(-n6c(O)nnc6-c6cc(C(C)C)c(O)cc6O)cc5)CC4)cc3)nc3c2CCN(c2cc(O)cc4ccccc24)C3)CC1. The minimum atomic E-state index is -0.289. The molecule has 3 aliphatic rings. The standard InChI is InChI=1S/C59H69N11O6/c1-5-55(75)67-26-28-68(29-27-67)56-47-21-25-69(51-32-45(71)31-43-8-6-7-9-46(43)51)36-50(47)62-58(63-56)60-22-18-54(74)61-38(4)42-14-10-41(11-15-42)35-66-23-19-40(20-24-66)30-39-12-16-44(17-13-39)70-57(64-65-59(70)76)49-33-48(37(2)3)52(72)34-53(49)73/h6-17,31-34,37-38,40,71-73H,5,18-30,35-36H2,1-4H3,(H,61,74)(H,65,76)(H,60,62,63)/t38-/m1/s1. The van der Waals surface area contributed by atoms with E-state index in [2.05, 4.69) is 78.0 Å². The van der Waals surface area contributed by atoms with Gasteiger partial charge in [-0.25, -0.2) is 9.55 Å². The first-order valence-electron chi connectivity index (χ1n) is 26.8. The van der Waals surface area contributed by atoms with Crippen molar-refractivity contribution in [2.45, 2.75) is 91.3 Å². The molecule has 10 rings (SSSR count). The third-order valence-corrected chi connectivity index (χ3v) is 15.4. The first-order valence-corrected chi connectivity index (χ1v) is 26.8. The highest BCUT2D eigenvalue weighted by Gasteiger charge is 2.30. The van der Waals surface area contributed by atoms with Crippen LogP contribution in [-0.4, -0.2) is 119 Å². The van der Waals surface area contributed by atoms with Crippen molar-refractivity contribution >= 4 is 40.0 Å². The van der Waals surface area contributed by atoms with E-state index in [9.17, 15) is 30.0 Å². The molecule has 7 aromatic rings. The third kappa shape index (κ3) is 11.3. The molecule has 0 spiro atoms. The van der Waals surface area contributed by atoms with Crippen molar-refractivity contribution in [2.24, 2.45) is 5.92 Å². The molecule has 5 aromatic carbocycles. The molecule has 2 amide bonds. The van der Waals surface area contributed by atoms with Crippen molar-refractivity contribution in [3.05, 3.63) is 131 Å². The lowest BCUT2D eigenvalue weighted by Gasteiger charge is -2.38. The highest BCUT2D eigenvalue weighted by Crippen LogP contribution is 2.40. The van der Waals surface area contributed by atoms with Crippen molar-refractivity contribution < 1.29 is 30.0 Å². The number of carbonyl (C=O) groups is 2. The number of fused-ring (bicyclic) bond motifs is 2. The molecule has 0 radical (unpaired) electrons. The molecule has 0 unspecified atom stereocenters. The van der Waals surface area contributed by atoms with E-state index < -0.39 is 0 Å². The van der Waals surface area contributed by atoms with Crippen LogP contribution in [0.25, 0.3) is 27.8 Å². The molecular weight excluding hydrogens is 959 g/mol. The monoisotopic (exact) mass is 1030 g/mol. The van der Waals surface area contributed by atoms with Gasteiger partial charge in [-0.15, -0.1) is 5.10 Å². The Morgan fingerprint density at radius 1 is 0.763 bits per heavy atom. The van der Waals surface area contributed by atoms with E-state index in [4.69, 9.17) is 9.97 Å². The molecule has 17 nitrogen and oxygen atoms in total. The molecule has 0 bridgehead atoms. The number of piperidine rings is 1. The van der Waals surface area contributed by atoms with Gasteiger partial charge in [-0.1, -0.05) is 86.5 Å². The number of piperazine rings is 1. The van der Waals surface area contributed by atoms with E-state index >= 15 is 0 Å². The second-order valence-electron chi connectivity index (χ2n) is 20.9. The molecule has 2 saturated heterocycles. The van der Waals surface area contributed by atoms with Gasteiger partial charge in [-0.05, 0) is 109 Å². The Labute approximate surface area is 443 Å². The number of hydrogen-bond acceptors (Lipinski definition) is 14. The summed E-state index contributed by atoms with van der Waals surface area (Å²) in [5.74, 6) is 2.35. The van der Waals surface area contributed by atoms with Crippen LogP contribution < -0.4 is 20.4 Å². The van der Waals surface area contributed by atoms with Crippen molar-refractivity contribution in [3.63, 3.8) is 0 Å². The highest BCUT2D eigenvalue weighted by atomic mass is 16.3. The predicted octanol–water partition coefficient (Wildman–Crippen LogP) is 8.58. The first-order chi connectivity index (χ1) is 36.8. The molecule has 396 valence electrons. The number of rotatable bonds is 16. The fourth-order valence-corrected chi connectivity index (χ4v) is 11.1. The quantitative estimate of drug-likeness (QED) is 0.0536. The average molecular weight is 1030 g/mol. The number of phenolic OH excluding ortho intramolecular Hbond substituents is 3. The number of benzene rings is 5. The molecule has 2 fully saturated rings. The summed E-state index contributed by atoms with van der Waals surface area (Å²) >= 11 is 0. The zero-order valence-corrected chi connectivity index (χ0v) is 43.9. The summed E-state index contributed by atoms with van der Waals surface area (Å²) < 4.78 is 1.50. The summed E-state index contributed by atoms with van der Waals surface area (Å²) in [6.07, 6.45) is 4.57. The number of hydrogen-bond donors (Lipinski definition) is 6. The lowest BCUT2D eigenvalue weighted by atomic mass is 9.90. The van der Waals surface area contributed by atoms with Crippen LogP contribution in [-0.2, 0) is 35.5 Å². The second kappa shape index (κ2) is 22.5. The Kier molecular flexibility index (Phi) is 15.3. The first kappa shape index (κ1) is 51.6. The molecule has 0 saturated carbocycles. The zero-order valence-electron chi connectivity index (χ0n) is 43.9. The normalized spacial score (nSPS) is 15.8. The maximum Gasteiger partial charge on any atom is 0.319 e. The number of carbonyl (C=O) groups excluding carboxylic acids is 2. The molecule has 1 atom stereocenters. The number of phenols is 3. The largest absolute Gasteiger partial charge is 0.508 e. The lowest BCUT2D eigenvalue weighted by molar-refractivity contribution is -0.131. The Bertz CT molecular complexity index is 3200. The van der Waals surface area contributed by atoms with E-state index in [1.807, 2.05) is 69.0 Å². The van der Waals surface area contributed by atoms with E-state index in [-0.39, 0.29) is 59.3 Å². The number of aromatic hydroxyl groups is 4. The third-order valence-electron chi connectivity index (χ3n) is 15.4. The summed E-state index contributed by atoms with van der Waals surface area (Å²) in [4.78, 5) is 44.9. The summed E-state index contributed by atoms with van der Waals surface area (Å²) in [6, 6.07) is 30.8. The average Bonchev–Trinajstić information content (AvgIpc) is 3.83. The molecule has 17 heteroatoms. The van der Waals surface area contributed by atoms with E-state index in [1.54, 1.807) is 12.1 Å². The molecular formula is C59H69N11O6. The number of nitrogens with zero attached hydrogens (tertiary/aromatic N) is 9. The van der Waals surface area contributed by atoms with E-state index in [1.165, 1.54) is 21.8 Å². The Morgan fingerprint density at radius 2 is 1.50 bits per heavy atom. The van der Waals surface area contributed by atoms with Gasteiger partial charge >= 0.3 is 6.01 Å². The highest BCUT2D eigenvalue weighted by molar-refractivity contribution is 5.95. The Morgan fingerprint density at radius 3 is 2.24 bits per heavy atom. The molecule has 2 aromatic heterocycles.